The number of anilines is 4. The zero-order valence-electron chi connectivity index (χ0n) is 76.0. The van der Waals surface area contributed by atoms with E-state index in [2.05, 4.69) is 94.0 Å². The topological polar surface area (TPSA) is 409 Å². The van der Waals surface area contributed by atoms with Gasteiger partial charge in [-0.3, -0.25) is 107 Å². The van der Waals surface area contributed by atoms with E-state index in [0.717, 1.165) is 153 Å². The molecule has 10 N–H and O–H groups in total. The van der Waals surface area contributed by atoms with E-state index >= 15 is 0 Å². The molecule has 10 heterocycles. The van der Waals surface area contributed by atoms with Gasteiger partial charge in [0, 0.05) is 194 Å². The summed E-state index contributed by atoms with van der Waals surface area (Å²) in [5, 5.41) is 21.6. The van der Waals surface area contributed by atoms with Gasteiger partial charge in [-0.05, 0) is 159 Å². The number of nitrogens with one attached hydrogen (secondary N) is 7. The van der Waals surface area contributed by atoms with Crippen molar-refractivity contribution in [1.82, 2.24) is 65.1 Å². The molecule has 0 saturated carbocycles. The molecule has 0 aliphatic carbocycles. The first-order chi connectivity index (χ1) is 65.6. The predicted molar refractivity (Wildman–Crippen MR) is 498 cm³/mol. The van der Waals surface area contributed by atoms with Crippen LogP contribution in [0.15, 0.2) is 155 Å². The number of piperidine rings is 2. The number of aryl methyl sites for hydroxylation is 2. The van der Waals surface area contributed by atoms with Crippen LogP contribution in [0.4, 0.5) is 49.1 Å². The number of halogens is 6. The minimum absolute atomic E-state index is 0.0459. The Morgan fingerprint density at radius 2 is 0.839 bits per heavy atom. The van der Waals surface area contributed by atoms with Crippen LogP contribution in [0.5, 0.6) is 0 Å². The van der Waals surface area contributed by atoms with Gasteiger partial charge in [-0.1, -0.05) is 72.8 Å². The van der Waals surface area contributed by atoms with E-state index in [1.54, 1.807) is 42.5 Å². The number of amides is 11. The zero-order chi connectivity index (χ0) is 97.5. The number of hydrogen-bond acceptors (Lipinski definition) is 23. The first-order valence-electron chi connectivity index (χ1n) is 45.9. The number of alkyl halides is 6. The molecular weight excluding hydrogens is 1780 g/mol. The molecule has 0 radical (unpaired) electrons. The summed E-state index contributed by atoms with van der Waals surface area (Å²) in [6, 6.07) is 36.4. The van der Waals surface area contributed by atoms with Gasteiger partial charge in [0.25, 0.3) is 35.4 Å². The van der Waals surface area contributed by atoms with Crippen LogP contribution >= 0.6 is 0 Å². The van der Waals surface area contributed by atoms with Crippen LogP contribution in [0.3, 0.4) is 0 Å². The molecule has 0 spiro atoms. The maximum Gasteiger partial charge on any atom is 0.417 e. The third kappa shape index (κ3) is 24.9. The van der Waals surface area contributed by atoms with Gasteiger partial charge < -0.3 is 56.4 Å². The molecule has 6 aromatic carbocycles. The number of benzene rings is 6. The molecule has 2 atom stereocenters. The zero-order valence-corrected chi connectivity index (χ0v) is 76.0. The van der Waals surface area contributed by atoms with Gasteiger partial charge in [-0.25, -0.2) is 0 Å². The van der Waals surface area contributed by atoms with Gasteiger partial charge in [0.05, 0.1) is 67.3 Å². The molecule has 0 bridgehead atoms. The third-order valence-corrected chi connectivity index (χ3v) is 25.9. The summed E-state index contributed by atoms with van der Waals surface area (Å²) in [4.78, 5) is 197. The standard InChI is InChI=1S/C49H54F3N9O7.C31H38F3N7O2.C18H18N2O6/c1-57-18-24-60(25-19-57)39-13-12-34(27-38(39)55-45(65)36-29-54-43(64)28-37(36)49(50,51)52)33-9-4-6-31(26-33)30-59-22-20-58(21-23-59)17-16-53-41(62)11-3-2-7-32-8-5-10-35-44(32)48(68)61(47(35)67)40-14-15-42(63)56-46(40)66;1-38-9-15-41(16-10-38)28-6-5-24(18-27(28)37-30(43)25-20-36-29(42)19-26(25)31(32,33)34)23-4-2-3-22(17-23)21-40-13-11-39(8-7-35)12-14-40;21-13-9-8-12(16(24)19-13)20-17(25)11-6-3-5-10(15(11)18(20)26)4-1-2-7-14(22)23/h4-6,8-10,12-13,26-29,40H,2-3,7,11,14-25,30H2,1H3,(H,53,62)(H,54,64)(H,55,65)(H,56,63,66);2-6,17-20H,7-16,21,35H2,1H3,(H,36,42)(H,37,43);3,5-6,12H,1-2,4,7-9H2,(H,22,23)(H,19,21,24). The van der Waals surface area contributed by atoms with Crippen molar-refractivity contribution in [3.63, 3.8) is 0 Å². The van der Waals surface area contributed by atoms with E-state index < -0.39 is 123 Å². The summed E-state index contributed by atoms with van der Waals surface area (Å²) < 4.78 is 82.9. The summed E-state index contributed by atoms with van der Waals surface area (Å²) in [7, 11) is 4.05. The highest BCUT2D eigenvalue weighted by Gasteiger charge is 2.48. The number of rotatable bonds is 29. The molecule has 11 amide bonds. The maximum absolute atomic E-state index is 13.9. The molecule has 724 valence electrons. The Kier molecular flexibility index (Phi) is 32.4. The van der Waals surface area contributed by atoms with Crippen molar-refractivity contribution < 1.29 is 89.0 Å². The Hall–Kier alpha value is -13.4. The van der Waals surface area contributed by atoms with E-state index in [0.29, 0.717) is 138 Å². The summed E-state index contributed by atoms with van der Waals surface area (Å²) >= 11 is 0. The van der Waals surface area contributed by atoms with E-state index in [9.17, 15) is 93.5 Å². The lowest BCUT2D eigenvalue weighted by atomic mass is 9.98. The molecule has 137 heavy (non-hydrogen) atoms. The molecule has 6 saturated heterocycles. The first kappa shape index (κ1) is 99.5. The van der Waals surface area contributed by atoms with Crippen LogP contribution < -0.4 is 53.2 Å². The van der Waals surface area contributed by atoms with Crippen molar-refractivity contribution in [3.05, 3.63) is 233 Å². The van der Waals surface area contributed by atoms with Crippen LogP contribution in [0.2, 0.25) is 0 Å². The molecule has 2 aromatic heterocycles. The average molecular weight is 1890 g/mol. The second-order valence-corrected chi connectivity index (χ2v) is 35.4. The Bertz CT molecular complexity index is 6020. The van der Waals surface area contributed by atoms with E-state index in [-0.39, 0.29) is 60.3 Å². The number of hydrogen-bond donors (Lipinski definition) is 9. The lowest BCUT2D eigenvalue weighted by Crippen LogP contribution is -2.54. The van der Waals surface area contributed by atoms with Gasteiger partial charge in [0.15, 0.2) is 0 Å². The third-order valence-electron chi connectivity index (χ3n) is 25.9. The van der Waals surface area contributed by atoms with Gasteiger partial charge in [-0.15, -0.1) is 0 Å². The number of aromatic amines is 2. The van der Waals surface area contributed by atoms with Crippen LogP contribution in [0.1, 0.15) is 160 Å². The molecule has 16 rings (SSSR count). The summed E-state index contributed by atoms with van der Waals surface area (Å²) in [5.74, 6) is -7.16. The smallest absolute Gasteiger partial charge is 0.417 e. The fraction of sp³-hybridized carbons (Fsp3) is 0.408. The largest absolute Gasteiger partial charge is 0.481 e. The van der Waals surface area contributed by atoms with Crippen LogP contribution in [-0.4, -0.2) is 282 Å². The monoisotopic (exact) mass is 1890 g/mol. The number of imide groups is 4. The van der Waals surface area contributed by atoms with Crippen molar-refractivity contribution in [2.24, 2.45) is 5.73 Å². The lowest BCUT2D eigenvalue weighted by Gasteiger charge is -2.35. The summed E-state index contributed by atoms with van der Waals surface area (Å²) in [5.41, 5.74) is 10.2. The number of piperazine rings is 4. The number of unbranched alkanes of at least 4 members (excludes halogenated alkanes) is 2. The second kappa shape index (κ2) is 44.6. The second-order valence-electron chi connectivity index (χ2n) is 35.4. The van der Waals surface area contributed by atoms with Crippen LogP contribution in [-0.2, 0) is 67.1 Å². The molecule has 6 fully saturated rings. The van der Waals surface area contributed by atoms with Crippen molar-refractivity contribution >= 4 is 93.7 Å². The number of aromatic nitrogens is 2. The number of carboxylic acid groups (broad SMARTS) is 1. The van der Waals surface area contributed by atoms with Crippen molar-refractivity contribution in [1.29, 1.82) is 0 Å². The Labute approximate surface area is 785 Å². The Morgan fingerprint density at radius 1 is 0.445 bits per heavy atom. The van der Waals surface area contributed by atoms with Gasteiger partial charge >= 0.3 is 18.3 Å². The van der Waals surface area contributed by atoms with Crippen LogP contribution in [0.25, 0.3) is 22.3 Å². The highest BCUT2D eigenvalue weighted by Crippen LogP contribution is 2.40. The number of aliphatic carboxylic acids is 1. The number of fused-ring (bicyclic) bond motifs is 2. The minimum Gasteiger partial charge on any atom is -0.481 e. The molecule has 2 unspecified atom stereocenters. The van der Waals surface area contributed by atoms with Gasteiger partial charge in [0.1, 0.15) is 12.1 Å². The molecule has 8 aromatic rings. The number of H-pyrrole nitrogens is 2. The quantitative estimate of drug-likeness (QED) is 0.0121. The Balaban J connectivity index is 0.000000184. The maximum atomic E-state index is 13.9. The highest BCUT2D eigenvalue weighted by molar-refractivity contribution is 6.25. The fourth-order valence-electron chi connectivity index (χ4n) is 18.4. The first-order valence-corrected chi connectivity index (χ1v) is 45.9. The van der Waals surface area contributed by atoms with Gasteiger partial charge in [0.2, 0.25) is 40.7 Å². The number of nitrogens with two attached hydrogens (primary N) is 1. The van der Waals surface area contributed by atoms with E-state index in [1.807, 2.05) is 74.8 Å². The number of carbonyl (C=O) groups is 12. The lowest BCUT2D eigenvalue weighted by molar-refractivity contribution is -0.138. The number of carboxylic acids is 1. The molecule has 8 aliphatic heterocycles. The minimum atomic E-state index is -4.91. The molecule has 8 aliphatic rings. The van der Waals surface area contributed by atoms with Gasteiger partial charge in [-0.2, -0.15) is 26.3 Å². The van der Waals surface area contributed by atoms with Crippen molar-refractivity contribution in [2.45, 2.75) is 115 Å². The Morgan fingerprint density at radius 3 is 1.24 bits per heavy atom. The molecular formula is C98H110F6N18O15. The number of carbonyl (C=O) groups excluding carboxylic acids is 11. The van der Waals surface area contributed by atoms with Crippen LogP contribution in [0, 0.1) is 0 Å². The predicted octanol–water partition coefficient (Wildman–Crippen LogP) is 8.14. The van der Waals surface area contributed by atoms with Crippen molar-refractivity contribution in [3.8, 4) is 22.3 Å². The van der Waals surface area contributed by atoms with Crippen molar-refractivity contribution in [2.75, 3.05) is 165 Å². The molecule has 33 nitrogen and oxygen atoms in total. The summed E-state index contributed by atoms with van der Waals surface area (Å²) in [6.45, 7) is 17.4. The van der Waals surface area contributed by atoms with E-state index in [4.69, 9.17) is 10.8 Å². The SMILES string of the molecule is CN1CCN(c2ccc(-c3cccc(CN4CCN(CCN)CC4)c3)cc2NC(=O)c2c[nH]c(=O)cc2C(F)(F)F)CC1.CN1CCN(c2ccc(-c3cccc(CN4CCN(CCNC(=O)CCCCc5cccc6c5C(=O)N(C5CCC(=O)NC5=O)C6=O)CC4)c3)cc2NC(=O)c2c[nH]c(=O)cc2C(F)(F)F)CC1.O=C(O)CCCCc1cccc2c1C(=O)N(C1CCC(=O)NC1=O)C2=O. The average Bonchev–Trinajstić information content (AvgIpc) is 1.60. The van der Waals surface area contributed by atoms with E-state index in [1.165, 1.54) is 0 Å². The number of nitrogens with zero attached hydrogens (tertiary/aromatic N) is 10. The fourth-order valence-corrected chi connectivity index (χ4v) is 18.4. The molecule has 39 heteroatoms. The number of pyridine rings is 2. The normalized spacial score (nSPS) is 18.3. The number of likely N-dealkylation sites (N-methyl/N-ethyl adjacent to an activating group) is 2. The highest BCUT2D eigenvalue weighted by atomic mass is 19.4. The summed E-state index contributed by atoms with van der Waals surface area (Å²) in [6.07, 6.45) is -4.27.